The standard InChI is InChI=1S/C11H16N2O2S/c1-2-4-11(9(14)15)5-3-7-13(11)10-12-6-8-16-10/h6,8H,2-5,7H2,1H3,(H,14,15). The van der Waals surface area contributed by atoms with E-state index in [1.807, 2.05) is 17.2 Å². The lowest BCUT2D eigenvalue weighted by Gasteiger charge is -2.34. The van der Waals surface area contributed by atoms with Gasteiger partial charge in [0.25, 0.3) is 0 Å². The molecule has 0 aromatic carbocycles. The van der Waals surface area contributed by atoms with Gasteiger partial charge in [-0.25, -0.2) is 9.78 Å². The van der Waals surface area contributed by atoms with Gasteiger partial charge >= 0.3 is 5.97 Å². The third-order valence-electron chi connectivity index (χ3n) is 3.20. The first kappa shape index (κ1) is 11.4. The Bertz CT molecular complexity index is 366. The Morgan fingerprint density at radius 1 is 1.75 bits per heavy atom. The minimum atomic E-state index is -0.716. The van der Waals surface area contributed by atoms with Crippen LogP contribution in [0.15, 0.2) is 11.6 Å². The Morgan fingerprint density at radius 3 is 3.12 bits per heavy atom. The summed E-state index contributed by atoms with van der Waals surface area (Å²) in [5.74, 6) is -0.706. The van der Waals surface area contributed by atoms with E-state index in [9.17, 15) is 9.90 Å². The second-order valence-corrected chi connectivity index (χ2v) is 5.03. The van der Waals surface area contributed by atoms with Gasteiger partial charge in [-0.2, -0.15) is 0 Å². The van der Waals surface area contributed by atoms with E-state index in [-0.39, 0.29) is 0 Å². The van der Waals surface area contributed by atoms with E-state index in [1.54, 1.807) is 6.20 Å². The second-order valence-electron chi connectivity index (χ2n) is 4.16. The van der Waals surface area contributed by atoms with Crippen LogP contribution in [0.2, 0.25) is 0 Å². The van der Waals surface area contributed by atoms with Gasteiger partial charge < -0.3 is 10.0 Å². The molecule has 88 valence electrons. The molecule has 5 heteroatoms. The lowest BCUT2D eigenvalue weighted by atomic mass is 9.91. The highest BCUT2D eigenvalue weighted by atomic mass is 32.1. The first-order valence-electron chi connectivity index (χ1n) is 5.61. The fraction of sp³-hybridized carbons (Fsp3) is 0.636. The first-order chi connectivity index (χ1) is 7.70. The Hall–Kier alpha value is -1.10. The van der Waals surface area contributed by atoms with Crippen molar-refractivity contribution in [1.29, 1.82) is 0 Å². The van der Waals surface area contributed by atoms with Gasteiger partial charge in [-0.3, -0.25) is 0 Å². The van der Waals surface area contributed by atoms with Crippen molar-refractivity contribution in [3.8, 4) is 0 Å². The molecule has 0 radical (unpaired) electrons. The average molecular weight is 240 g/mol. The van der Waals surface area contributed by atoms with Crippen LogP contribution in [-0.4, -0.2) is 28.1 Å². The predicted molar refractivity (Wildman–Crippen MR) is 64.0 cm³/mol. The number of thiazole rings is 1. The first-order valence-corrected chi connectivity index (χ1v) is 6.49. The highest BCUT2D eigenvalue weighted by molar-refractivity contribution is 7.13. The molecule has 0 saturated carbocycles. The molecule has 1 unspecified atom stereocenters. The Balaban J connectivity index is 2.33. The summed E-state index contributed by atoms with van der Waals surface area (Å²) in [6.07, 6.45) is 4.98. The van der Waals surface area contributed by atoms with E-state index in [4.69, 9.17) is 0 Å². The summed E-state index contributed by atoms with van der Waals surface area (Å²) in [4.78, 5) is 17.8. The summed E-state index contributed by atoms with van der Waals surface area (Å²) in [6, 6.07) is 0. The highest BCUT2D eigenvalue weighted by Gasteiger charge is 2.47. The normalized spacial score (nSPS) is 24.9. The second kappa shape index (κ2) is 4.41. The molecule has 1 aromatic heterocycles. The molecular weight excluding hydrogens is 224 g/mol. The van der Waals surface area contributed by atoms with E-state index >= 15 is 0 Å². The number of anilines is 1. The molecule has 2 heterocycles. The molecule has 0 bridgehead atoms. The van der Waals surface area contributed by atoms with Crippen LogP contribution in [0.3, 0.4) is 0 Å². The number of aromatic nitrogens is 1. The van der Waals surface area contributed by atoms with Crippen molar-refractivity contribution in [2.75, 3.05) is 11.4 Å². The van der Waals surface area contributed by atoms with Crippen molar-refractivity contribution < 1.29 is 9.90 Å². The number of carboxylic acid groups (broad SMARTS) is 1. The zero-order valence-corrected chi connectivity index (χ0v) is 10.2. The van der Waals surface area contributed by atoms with Crippen LogP contribution in [0.4, 0.5) is 5.13 Å². The van der Waals surface area contributed by atoms with Crippen molar-refractivity contribution in [1.82, 2.24) is 4.98 Å². The van der Waals surface area contributed by atoms with Crippen molar-refractivity contribution in [2.24, 2.45) is 0 Å². The highest BCUT2D eigenvalue weighted by Crippen LogP contribution is 2.38. The predicted octanol–water partition coefficient (Wildman–Crippen LogP) is 2.37. The number of rotatable bonds is 4. The third-order valence-corrected chi connectivity index (χ3v) is 4.00. The molecule has 16 heavy (non-hydrogen) atoms. The van der Waals surface area contributed by atoms with Gasteiger partial charge in [0.15, 0.2) is 5.13 Å². The number of aliphatic carboxylic acids is 1. The van der Waals surface area contributed by atoms with Crippen molar-refractivity contribution in [3.63, 3.8) is 0 Å². The van der Waals surface area contributed by atoms with Gasteiger partial charge in [0.05, 0.1) is 0 Å². The Kier molecular flexibility index (Phi) is 3.14. The van der Waals surface area contributed by atoms with Crippen LogP contribution in [0.25, 0.3) is 0 Å². The molecular formula is C11H16N2O2S. The maximum Gasteiger partial charge on any atom is 0.329 e. The summed E-state index contributed by atoms with van der Waals surface area (Å²) in [5, 5.41) is 12.2. The zero-order chi connectivity index (χ0) is 11.6. The smallest absolute Gasteiger partial charge is 0.329 e. The van der Waals surface area contributed by atoms with Crippen molar-refractivity contribution in [2.45, 2.75) is 38.1 Å². The minimum Gasteiger partial charge on any atom is -0.479 e. The number of carbonyl (C=O) groups is 1. The molecule has 1 atom stereocenters. The number of nitrogens with zero attached hydrogens (tertiary/aromatic N) is 2. The molecule has 0 spiro atoms. The quantitative estimate of drug-likeness (QED) is 0.877. The molecule has 1 fully saturated rings. The Labute approximate surface area is 98.9 Å². The van der Waals surface area contributed by atoms with Gasteiger partial charge in [-0.1, -0.05) is 13.3 Å². The summed E-state index contributed by atoms with van der Waals surface area (Å²) in [5.41, 5.74) is -0.716. The number of carboxylic acids is 1. The number of hydrogen-bond acceptors (Lipinski definition) is 4. The van der Waals surface area contributed by atoms with E-state index in [1.165, 1.54) is 11.3 Å². The monoisotopic (exact) mass is 240 g/mol. The summed E-state index contributed by atoms with van der Waals surface area (Å²) in [7, 11) is 0. The molecule has 0 aliphatic carbocycles. The zero-order valence-electron chi connectivity index (χ0n) is 9.35. The average Bonchev–Trinajstić information content (AvgIpc) is 2.85. The lowest BCUT2D eigenvalue weighted by Crippen LogP contribution is -2.50. The van der Waals surface area contributed by atoms with Crippen LogP contribution in [0.5, 0.6) is 0 Å². The molecule has 1 aliphatic rings. The summed E-state index contributed by atoms with van der Waals surface area (Å²) in [6.45, 7) is 2.84. The van der Waals surface area contributed by atoms with E-state index in [0.29, 0.717) is 6.42 Å². The maximum atomic E-state index is 11.6. The number of hydrogen-bond donors (Lipinski definition) is 1. The van der Waals surface area contributed by atoms with Crippen LogP contribution >= 0.6 is 11.3 Å². The lowest BCUT2D eigenvalue weighted by molar-refractivity contribution is -0.143. The molecule has 1 N–H and O–H groups in total. The third kappa shape index (κ3) is 1.69. The van der Waals surface area contributed by atoms with Gasteiger partial charge in [-0.15, -0.1) is 11.3 Å². The van der Waals surface area contributed by atoms with Crippen LogP contribution in [0, 0.1) is 0 Å². The van der Waals surface area contributed by atoms with Gasteiger partial charge in [-0.05, 0) is 19.3 Å². The fourth-order valence-electron chi connectivity index (χ4n) is 2.51. The van der Waals surface area contributed by atoms with E-state index in [2.05, 4.69) is 4.98 Å². The van der Waals surface area contributed by atoms with Gasteiger partial charge in [0.2, 0.25) is 0 Å². The van der Waals surface area contributed by atoms with Crippen LogP contribution < -0.4 is 4.90 Å². The topological polar surface area (TPSA) is 53.4 Å². The molecule has 1 aliphatic heterocycles. The largest absolute Gasteiger partial charge is 0.479 e. The molecule has 2 rings (SSSR count). The molecule has 1 aromatic rings. The summed E-state index contributed by atoms with van der Waals surface area (Å²) >= 11 is 1.52. The van der Waals surface area contributed by atoms with Crippen molar-refractivity contribution in [3.05, 3.63) is 11.6 Å². The SMILES string of the molecule is CCCC1(C(=O)O)CCCN1c1nccs1. The summed E-state index contributed by atoms with van der Waals surface area (Å²) < 4.78 is 0. The van der Waals surface area contributed by atoms with Gasteiger partial charge in [0.1, 0.15) is 5.54 Å². The molecule has 1 saturated heterocycles. The molecule has 0 amide bonds. The van der Waals surface area contributed by atoms with Crippen LogP contribution in [-0.2, 0) is 4.79 Å². The van der Waals surface area contributed by atoms with Crippen LogP contribution in [0.1, 0.15) is 32.6 Å². The fourth-order valence-corrected chi connectivity index (χ4v) is 3.27. The maximum absolute atomic E-state index is 11.6. The minimum absolute atomic E-state index is 0.696. The van der Waals surface area contributed by atoms with Gasteiger partial charge in [0, 0.05) is 18.1 Å². The van der Waals surface area contributed by atoms with E-state index < -0.39 is 11.5 Å². The Morgan fingerprint density at radius 2 is 2.56 bits per heavy atom. The van der Waals surface area contributed by atoms with E-state index in [0.717, 1.165) is 30.9 Å². The molecule has 4 nitrogen and oxygen atoms in total. The van der Waals surface area contributed by atoms with Crippen molar-refractivity contribution >= 4 is 22.4 Å².